The van der Waals surface area contributed by atoms with Gasteiger partial charge in [0.1, 0.15) is 11.4 Å². The maximum absolute atomic E-state index is 14.6. The minimum absolute atomic E-state index is 0.00319. The largest absolute Gasteiger partial charge is 0.484 e. The molecule has 9 heteroatoms. The zero-order chi connectivity index (χ0) is 23.3. The first-order valence-corrected chi connectivity index (χ1v) is 11.6. The molecule has 1 aliphatic heterocycles. The second kappa shape index (κ2) is 8.27. The van der Waals surface area contributed by atoms with Gasteiger partial charge < -0.3 is 24.1 Å². The molecule has 2 unspecified atom stereocenters. The van der Waals surface area contributed by atoms with E-state index in [1.807, 2.05) is 11.8 Å². The Bertz CT molecular complexity index is 1030. The number of fused-ring (bicyclic) bond motifs is 1. The molecule has 3 aliphatic rings. The Morgan fingerprint density at radius 1 is 1.21 bits per heavy atom. The van der Waals surface area contributed by atoms with E-state index in [4.69, 9.17) is 13.9 Å². The van der Waals surface area contributed by atoms with Gasteiger partial charge in [-0.1, -0.05) is 13.8 Å². The molecule has 178 valence electrons. The summed E-state index contributed by atoms with van der Waals surface area (Å²) in [5.41, 5.74) is -0.136. The van der Waals surface area contributed by atoms with Gasteiger partial charge in [-0.3, -0.25) is 4.79 Å². The lowest BCUT2D eigenvalue weighted by Gasteiger charge is -2.47. The van der Waals surface area contributed by atoms with Crippen LogP contribution < -0.4 is 15.0 Å². The highest BCUT2D eigenvalue weighted by molar-refractivity contribution is 6.03. The number of hydrogen-bond acceptors (Lipinski definition) is 6. The van der Waals surface area contributed by atoms with E-state index in [1.165, 1.54) is 6.42 Å². The van der Waals surface area contributed by atoms with Crippen LogP contribution in [-0.2, 0) is 11.2 Å². The van der Waals surface area contributed by atoms with Crippen molar-refractivity contribution in [1.29, 1.82) is 0 Å². The maximum Gasteiger partial charge on any atom is 0.298 e. The Hall–Kier alpha value is -2.68. The fraction of sp³-hybridized carbons (Fsp3) is 0.583. The summed E-state index contributed by atoms with van der Waals surface area (Å²) in [5.74, 6) is -0.939. The fourth-order valence-corrected chi connectivity index (χ4v) is 5.03. The number of halogens is 2. The molecule has 3 fully saturated rings. The molecule has 7 nitrogen and oxygen atoms in total. The van der Waals surface area contributed by atoms with Crippen molar-refractivity contribution in [2.45, 2.75) is 57.7 Å². The molecule has 5 rings (SSSR count). The van der Waals surface area contributed by atoms with E-state index < -0.39 is 17.5 Å². The van der Waals surface area contributed by atoms with E-state index in [-0.39, 0.29) is 28.8 Å². The number of rotatable bonds is 8. The number of benzene rings is 1. The molecular weight excluding hydrogens is 432 g/mol. The first-order chi connectivity index (χ1) is 15.8. The van der Waals surface area contributed by atoms with Crippen LogP contribution in [-0.4, -0.2) is 42.8 Å². The number of ether oxygens (including phenoxy) is 2. The van der Waals surface area contributed by atoms with E-state index in [0.717, 1.165) is 31.4 Å². The average Bonchev–Trinajstić information content (AvgIpc) is 3.18. The van der Waals surface area contributed by atoms with E-state index in [9.17, 15) is 13.6 Å². The summed E-state index contributed by atoms with van der Waals surface area (Å²) in [6.45, 7) is 5.13. The topological polar surface area (TPSA) is 76.8 Å². The Labute approximate surface area is 191 Å². The molecule has 2 aromatic rings. The number of anilines is 2. The van der Waals surface area contributed by atoms with Crippen molar-refractivity contribution in [1.82, 2.24) is 4.98 Å². The van der Waals surface area contributed by atoms with Crippen LogP contribution >= 0.6 is 0 Å². The normalized spacial score (nSPS) is 24.9. The Morgan fingerprint density at radius 2 is 1.88 bits per heavy atom. The van der Waals surface area contributed by atoms with E-state index >= 15 is 0 Å². The molecule has 1 aromatic heterocycles. The first kappa shape index (κ1) is 22.1. The average molecular weight is 462 g/mol. The number of oxazole rings is 1. The highest BCUT2D eigenvalue weighted by Gasteiger charge is 2.47. The first-order valence-electron chi connectivity index (χ1n) is 11.6. The summed E-state index contributed by atoms with van der Waals surface area (Å²) in [6.07, 6.45) is 4.04. The Kier molecular flexibility index (Phi) is 5.55. The van der Waals surface area contributed by atoms with Crippen molar-refractivity contribution in [3.63, 3.8) is 0 Å². The van der Waals surface area contributed by atoms with Crippen LogP contribution in [0.25, 0.3) is 0 Å². The summed E-state index contributed by atoms with van der Waals surface area (Å²) < 4.78 is 46.2. The molecule has 0 bridgehead atoms. The predicted octanol–water partition coefficient (Wildman–Crippen LogP) is 4.56. The Morgan fingerprint density at radius 3 is 2.45 bits per heavy atom. The van der Waals surface area contributed by atoms with Crippen LogP contribution in [0, 0.1) is 23.5 Å². The molecule has 1 amide bonds. The lowest BCUT2D eigenvalue weighted by Crippen LogP contribution is -2.62. The van der Waals surface area contributed by atoms with Crippen LogP contribution in [0.3, 0.4) is 0 Å². The van der Waals surface area contributed by atoms with E-state index in [1.54, 1.807) is 7.11 Å². The summed E-state index contributed by atoms with van der Waals surface area (Å²) in [6, 6.07) is 2.48. The second-order valence-electron chi connectivity index (χ2n) is 9.41. The highest BCUT2D eigenvalue weighted by atomic mass is 19.1. The monoisotopic (exact) mass is 461 g/mol. The third kappa shape index (κ3) is 4.07. The molecule has 2 heterocycles. The third-order valence-corrected chi connectivity index (χ3v) is 7.27. The van der Waals surface area contributed by atoms with Crippen molar-refractivity contribution in [3.05, 3.63) is 35.2 Å². The molecule has 2 saturated carbocycles. The minimum atomic E-state index is -0.835. The summed E-state index contributed by atoms with van der Waals surface area (Å²) >= 11 is 0. The number of aromatic nitrogens is 1. The molecule has 0 radical (unpaired) electrons. The molecule has 1 saturated heterocycles. The van der Waals surface area contributed by atoms with Gasteiger partial charge in [-0.15, -0.1) is 0 Å². The van der Waals surface area contributed by atoms with Crippen molar-refractivity contribution in [2.24, 2.45) is 11.8 Å². The number of nitrogens with one attached hydrogen (secondary N) is 1. The van der Waals surface area contributed by atoms with Gasteiger partial charge >= 0.3 is 0 Å². The Balaban J connectivity index is 1.28. The van der Waals surface area contributed by atoms with Gasteiger partial charge in [0.05, 0.1) is 19.2 Å². The number of aryl methyl sites for hydroxylation is 1. The lowest BCUT2D eigenvalue weighted by molar-refractivity contribution is -0.0379. The zero-order valence-corrected chi connectivity index (χ0v) is 19.1. The zero-order valence-electron chi connectivity index (χ0n) is 19.1. The van der Waals surface area contributed by atoms with Crippen LogP contribution in [0.2, 0.25) is 0 Å². The standard InChI is InChI=1S/C24H29F2N3O4/c1-4-19-20(28-23(33-19)29-11-24(5-2,12-29)31-3)22(30)27-15-9-17(25)21(18(26)10-15)32-16-7-13-6-14(13)8-16/h9-10,13-14,16H,4-8,11-12H2,1-3H3,(H,27,30). The van der Waals surface area contributed by atoms with Gasteiger partial charge in [-0.25, -0.2) is 8.78 Å². The van der Waals surface area contributed by atoms with Gasteiger partial charge in [-0.2, -0.15) is 4.98 Å². The second-order valence-corrected chi connectivity index (χ2v) is 9.41. The number of nitrogens with zero attached hydrogens (tertiary/aromatic N) is 2. The molecule has 2 aliphatic carbocycles. The van der Waals surface area contributed by atoms with Gasteiger partial charge in [0.25, 0.3) is 11.9 Å². The highest BCUT2D eigenvalue weighted by Crippen LogP contribution is 2.52. The third-order valence-electron chi connectivity index (χ3n) is 7.27. The van der Waals surface area contributed by atoms with Gasteiger partial charge in [0.2, 0.25) is 0 Å². The molecular formula is C24H29F2N3O4. The summed E-state index contributed by atoms with van der Waals surface area (Å²) in [5, 5.41) is 2.54. The van der Waals surface area contributed by atoms with E-state index in [2.05, 4.69) is 17.2 Å². The smallest absolute Gasteiger partial charge is 0.298 e. The molecule has 1 N–H and O–H groups in total. The van der Waals surface area contributed by atoms with Crippen molar-refractivity contribution in [2.75, 3.05) is 30.4 Å². The van der Waals surface area contributed by atoms with E-state index in [0.29, 0.717) is 43.1 Å². The minimum Gasteiger partial charge on any atom is -0.484 e. The predicted molar refractivity (Wildman–Crippen MR) is 118 cm³/mol. The van der Waals surface area contributed by atoms with Crippen molar-refractivity contribution >= 4 is 17.6 Å². The van der Waals surface area contributed by atoms with Crippen molar-refractivity contribution in [3.8, 4) is 5.75 Å². The summed E-state index contributed by atoms with van der Waals surface area (Å²) in [4.78, 5) is 19.1. The summed E-state index contributed by atoms with van der Waals surface area (Å²) in [7, 11) is 1.68. The number of hydrogen-bond donors (Lipinski definition) is 1. The fourth-order valence-electron chi connectivity index (χ4n) is 5.03. The number of carbonyl (C=O) groups is 1. The SMILES string of the molecule is CCc1oc(N2CC(CC)(OC)C2)nc1C(=O)Nc1cc(F)c(OC2CC3CC3C2)c(F)c1. The van der Waals surface area contributed by atoms with Crippen molar-refractivity contribution < 1.29 is 27.5 Å². The lowest BCUT2D eigenvalue weighted by atomic mass is 9.91. The van der Waals surface area contributed by atoms with Gasteiger partial charge in [0, 0.05) is 31.4 Å². The van der Waals surface area contributed by atoms with Crippen LogP contribution in [0.4, 0.5) is 20.5 Å². The number of methoxy groups -OCH3 is 1. The number of carbonyl (C=O) groups excluding carboxylic acids is 1. The van der Waals surface area contributed by atoms with Crippen LogP contribution in [0.15, 0.2) is 16.5 Å². The van der Waals surface area contributed by atoms with Crippen LogP contribution in [0.1, 0.15) is 55.8 Å². The molecule has 1 aromatic carbocycles. The quantitative estimate of drug-likeness (QED) is 0.621. The van der Waals surface area contributed by atoms with Crippen LogP contribution in [0.5, 0.6) is 5.75 Å². The number of amides is 1. The molecule has 0 spiro atoms. The molecule has 33 heavy (non-hydrogen) atoms. The van der Waals surface area contributed by atoms with Gasteiger partial charge in [-0.05, 0) is 37.5 Å². The van der Waals surface area contributed by atoms with Gasteiger partial charge in [0.15, 0.2) is 23.1 Å². The maximum atomic E-state index is 14.6. The molecule has 2 atom stereocenters.